The van der Waals surface area contributed by atoms with Crippen LogP contribution in [0, 0.1) is 6.92 Å². The van der Waals surface area contributed by atoms with Gasteiger partial charge in [-0.3, -0.25) is 14.0 Å². The van der Waals surface area contributed by atoms with Gasteiger partial charge in [0.1, 0.15) is 0 Å². The van der Waals surface area contributed by atoms with Crippen LogP contribution in [0.1, 0.15) is 27.2 Å². The number of hydrogen-bond donors (Lipinski definition) is 0. The van der Waals surface area contributed by atoms with Gasteiger partial charge in [0, 0.05) is 22.7 Å². The van der Waals surface area contributed by atoms with E-state index in [1.54, 1.807) is 30.3 Å². The van der Waals surface area contributed by atoms with Crippen molar-refractivity contribution in [3.05, 3.63) is 87.6 Å². The van der Waals surface area contributed by atoms with Gasteiger partial charge in [-0.05, 0) is 36.8 Å². The molecular weight excluding hydrogens is 406 g/mol. The molecule has 5 nitrogen and oxygen atoms in total. The predicted octanol–water partition coefficient (Wildman–Crippen LogP) is 5.09. The van der Waals surface area contributed by atoms with E-state index in [4.69, 9.17) is 11.6 Å². The van der Waals surface area contributed by atoms with E-state index in [2.05, 4.69) is 4.98 Å². The molecule has 5 rings (SSSR count). The number of rotatable bonds is 2. The smallest absolute Gasteiger partial charge is 0.266 e. The molecule has 0 unspecified atom stereocenters. The van der Waals surface area contributed by atoms with Gasteiger partial charge in [0.2, 0.25) is 0 Å². The van der Waals surface area contributed by atoms with Crippen molar-refractivity contribution in [3.63, 3.8) is 0 Å². The molecule has 4 aromatic rings. The minimum Gasteiger partial charge on any atom is -0.289 e. The van der Waals surface area contributed by atoms with Gasteiger partial charge in [-0.15, -0.1) is 11.3 Å². The van der Waals surface area contributed by atoms with Gasteiger partial charge in [-0.1, -0.05) is 41.9 Å². The highest BCUT2D eigenvalue weighted by molar-refractivity contribution is 7.15. The average Bonchev–Trinajstić information content (AvgIpc) is 3.27. The Morgan fingerprint density at radius 1 is 1.03 bits per heavy atom. The normalized spacial score (nSPS) is 15.4. The first-order valence-electron chi connectivity index (χ1n) is 8.92. The number of aryl methyl sites for hydroxylation is 1. The van der Waals surface area contributed by atoms with E-state index in [1.807, 2.05) is 47.2 Å². The third-order valence-electron chi connectivity index (χ3n) is 4.88. The van der Waals surface area contributed by atoms with Gasteiger partial charge in [0.25, 0.3) is 11.8 Å². The molecule has 2 aromatic heterocycles. The van der Waals surface area contributed by atoms with Crippen molar-refractivity contribution in [2.24, 2.45) is 0 Å². The summed E-state index contributed by atoms with van der Waals surface area (Å²) in [5.74, 6) is -0.728. The van der Waals surface area contributed by atoms with Crippen molar-refractivity contribution >= 4 is 57.0 Å². The maximum Gasteiger partial charge on any atom is 0.266 e. The zero-order valence-electron chi connectivity index (χ0n) is 15.3. The molecule has 7 heteroatoms. The Balaban J connectivity index is 1.75. The zero-order valence-corrected chi connectivity index (χ0v) is 16.9. The van der Waals surface area contributed by atoms with Crippen molar-refractivity contribution in [2.45, 2.75) is 6.92 Å². The van der Waals surface area contributed by atoms with Crippen LogP contribution < -0.4 is 4.90 Å². The molecule has 0 spiro atoms. The molecule has 0 saturated heterocycles. The number of carbonyl (C=O) groups is 2. The van der Waals surface area contributed by atoms with Gasteiger partial charge in [0.15, 0.2) is 10.1 Å². The number of fused-ring (bicyclic) bond motifs is 2. The summed E-state index contributed by atoms with van der Waals surface area (Å²) in [5, 5.41) is 2.22. The summed E-state index contributed by atoms with van der Waals surface area (Å²) in [4.78, 5) is 32.9. The van der Waals surface area contributed by atoms with Crippen LogP contribution in [0.5, 0.6) is 0 Å². The third-order valence-corrected chi connectivity index (χ3v) is 5.91. The molecule has 0 fully saturated rings. The Morgan fingerprint density at radius 3 is 2.62 bits per heavy atom. The first-order chi connectivity index (χ1) is 14.0. The number of aromatic nitrogens is 2. The van der Waals surface area contributed by atoms with Crippen LogP contribution in [0.15, 0.2) is 60.1 Å². The molecule has 29 heavy (non-hydrogen) atoms. The maximum absolute atomic E-state index is 13.5. The summed E-state index contributed by atoms with van der Waals surface area (Å²) in [7, 11) is 0. The van der Waals surface area contributed by atoms with Crippen molar-refractivity contribution in [3.8, 4) is 0 Å². The van der Waals surface area contributed by atoms with Crippen molar-refractivity contribution in [1.82, 2.24) is 9.38 Å². The second-order valence-corrected chi connectivity index (χ2v) is 7.96. The number of carbonyl (C=O) groups excluding carboxylic acids is 2. The van der Waals surface area contributed by atoms with Gasteiger partial charge in [0.05, 0.1) is 17.0 Å². The van der Waals surface area contributed by atoms with Crippen LogP contribution in [0.25, 0.3) is 16.6 Å². The number of hydrogen-bond acceptors (Lipinski definition) is 4. The Morgan fingerprint density at radius 2 is 1.83 bits per heavy atom. The molecule has 0 radical (unpaired) electrons. The first-order valence-corrected chi connectivity index (χ1v) is 10.2. The average molecular weight is 420 g/mol. The molecule has 0 aliphatic carbocycles. The molecule has 2 aromatic carbocycles. The minimum atomic E-state index is -0.388. The lowest BCUT2D eigenvalue weighted by atomic mass is 9.92. The standard InChI is InChI=1S/C22H14ClN3O2S/c1-13-5-4-6-14(11-13)26-20(27)16-8-3-2-7-15(16)17(21(26)28)12-18-19(23)24-22-25(18)9-10-29-22/h2-12H,1H3/b17-12-. The van der Waals surface area contributed by atoms with Crippen LogP contribution in [-0.4, -0.2) is 21.2 Å². The van der Waals surface area contributed by atoms with Gasteiger partial charge >= 0.3 is 0 Å². The van der Waals surface area contributed by atoms with Crippen molar-refractivity contribution in [1.29, 1.82) is 0 Å². The lowest BCUT2D eigenvalue weighted by Gasteiger charge is -2.28. The summed E-state index contributed by atoms with van der Waals surface area (Å²) < 4.78 is 1.84. The second kappa shape index (κ2) is 6.69. The number of thiazole rings is 1. The molecule has 0 atom stereocenters. The van der Waals surface area contributed by atoms with Crippen LogP contribution in [0.3, 0.4) is 0 Å². The van der Waals surface area contributed by atoms with Crippen LogP contribution in [-0.2, 0) is 4.79 Å². The number of imide groups is 1. The monoisotopic (exact) mass is 419 g/mol. The Labute approximate surface area is 175 Å². The van der Waals surface area contributed by atoms with Crippen LogP contribution in [0.2, 0.25) is 5.15 Å². The van der Waals surface area contributed by atoms with E-state index in [-0.39, 0.29) is 11.8 Å². The van der Waals surface area contributed by atoms with E-state index in [1.165, 1.54) is 16.2 Å². The first kappa shape index (κ1) is 17.8. The number of nitrogens with zero attached hydrogens (tertiary/aromatic N) is 3. The van der Waals surface area contributed by atoms with E-state index in [0.29, 0.717) is 33.2 Å². The lowest BCUT2D eigenvalue weighted by Crippen LogP contribution is -2.41. The molecule has 142 valence electrons. The zero-order chi connectivity index (χ0) is 20.1. The number of benzene rings is 2. The van der Waals surface area contributed by atoms with Gasteiger partial charge in [-0.25, -0.2) is 9.88 Å². The van der Waals surface area contributed by atoms with Crippen molar-refractivity contribution < 1.29 is 9.59 Å². The summed E-state index contributed by atoms with van der Waals surface area (Å²) >= 11 is 7.80. The number of amides is 2. The fourth-order valence-electron chi connectivity index (χ4n) is 3.54. The highest BCUT2D eigenvalue weighted by Crippen LogP contribution is 2.35. The molecular formula is C22H14ClN3O2S. The van der Waals surface area contributed by atoms with E-state index in [9.17, 15) is 9.59 Å². The summed E-state index contributed by atoms with van der Waals surface area (Å²) in [6.45, 7) is 1.92. The molecule has 0 N–H and O–H groups in total. The van der Waals surface area contributed by atoms with Crippen LogP contribution >= 0.6 is 22.9 Å². The second-order valence-electron chi connectivity index (χ2n) is 6.73. The minimum absolute atomic E-state index is 0.314. The Hall–Kier alpha value is -3.22. The van der Waals surface area contributed by atoms with Crippen LogP contribution in [0.4, 0.5) is 5.69 Å². The molecule has 0 bridgehead atoms. The topological polar surface area (TPSA) is 54.7 Å². The fraction of sp³-hybridized carbons (Fsp3) is 0.0455. The van der Waals surface area contributed by atoms with E-state index < -0.39 is 0 Å². The predicted molar refractivity (Wildman–Crippen MR) is 115 cm³/mol. The molecule has 1 aliphatic rings. The number of halogens is 1. The molecule has 1 aliphatic heterocycles. The molecule has 3 heterocycles. The molecule has 0 saturated carbocycles. The van der Waals surface area contributed by atoms with Gasteiger partial charge < -0.3 is 0 Å². The largest absolute Gasteiger partial charge is 0.289 e. The Kier molecular flexibility index (Phi) is 4.12. The quantitative estimate of drug-likeness (QED) is 0.336. The van der Waals surface area contributed by atoms with Gasteiger partial charge in [-0.2, -0.15) is 0 Å². The number of anilines is 1. The maximum atomic E-state index is 13.5. The van der Waals surface area contributed by atoms with E-state index >= 15 is 0 Å². The molecule has 2 amide bonds. The van der Waals surface area contributed by atoms with E-state index in [0.717, 1.165) is 10.5 Å². The third kappa shape index (κ3) is 2.80. The summed E-state index contributed by atoms with van der Waals surface area (Å²) in [5.41, 5.74) is 3.58. The SMILES string of the molecule is Cc1cccc(N2C(=O)/C(=C\c3c(Cl)nc4sccn34)c3ccccc3C2=O)c1. The fourth-order valence-corrected chi connectivity index (χ4v) is 4.53. The Bertz CT molecular complexity index is 1330. The highest BCUT2D eigenvalue weighted by Gasteiger charge is 2.36. The number of imidazole rings is 1. The highest BCUT2D eigenvalue weighted by atomic mass is 35.5. The summed E-state index contributed by atoms with van der Waals surface area (Å²) in [6.07, 6.45) is 3.57. The lowest BCUT2D eigenvalue weighted by molar-refractivity contribution is -0.112. The summed E-state index contributed by atoms with van der Waals surface area (Å²) in [6, 6.07) is 14.5. The van der Waals surface area contributed by atoms with Crippen molar-refractivity contribution in [2.75, 3.05) is 4.90 Å².